The number of nitrogens with zero attached hydrogens (tertiary/aromatic N) is 4. The van der Waals surface area contributed by atoms with Crippen molar-refractivity contribution in [3.05, 3.63) is 0 Å². The number of rotatable bonds is 0. The molecule has 2 aliphatic heterocycles. The highest BCUT2D eigenvalue weighted by atomic mass is 32.2. The minimum Gasteiger partial charge on any atom is -0.250 e. The standard InChI is InChI=1S/C4H4N4S/c1-5-2-8-4(6-1)9-3-7-8/h1,3H,2H2. The summed E-state index contributed by atoms with van der Waals surface area (Å²) < 4.78 is 0. The van der Waals surface area contributed by atoms with Crippen LogP contribution in [0.2, 0.25) is 0 Å². The number of aliphatic imine (C=N–C) groups is 2. The minimum absolute atomic E-state index is 0.613. The van der Waals surface area contributed by atoms with Gasteiger partial charge in [-0.15, -0.1) is 0 Å². The third-order valence-corrected chi connectivity index (χ3v) is 1.76. The first-order chi connectivity index (χ1) is 4.47. The summed E-state index contributed by atoms with van der Waals surface area (Å²) in [5.41, 5.74) is 1.76. The van der Waals surface area contributed by atoms with E-state index in [9.17, 15) is 0 Å². The van der Waals surface area contributed by atoms with Gasteiger partial charge in [-0.1, -0.05) is 0 Å². The topological polar surface area (TPSA) is 40.3 Å². The van der Waals surface area contributed by atoms with Gasteiger partial charge in [0.05, 0.1) is 5.55 Å². The van der Waals surface area contributed by atoms with E-state index in [1.165, 1.54) is 11.8 Å². The molecular formula is C4H4N4S. The van der Waals surface area contributed by atoms with Crippen molar-refractivity contribution in [2.75, 3.05) is 6.67 Å². The van der Waals surface area contributed by atoms with Gasteiger partial charge in [-0.05, 0) is 11.8 Å². The lowest BCUT2D eigenvalue weighted by molar-refractivity contribution is 0.473. The average molecular weight is 140 g/mol. The van der Waals surface area contributed by atoms with E-state index < -0.39 is 0 Å². The Morgan fingerprint density at radius 1 is 1.67 bits per heavy atom. The Hall–Kier alpha value is -0.840. The van der Waals surface area contributed by atoms with E-state index >= 15 is 0 Å². The van der Waals surface area contributed by atoms with Crippen LogP contribution in [0.25, 0.3) is 0 Å². The summed E-state index contributed by atoms with van der Waals surface area (Å²) in [6.07, 6.45) is 1.56. The second kappa shape index (κ2) is 1.84. The summed E-state index contributed by atoms with van der Waals surface area (Å²) in [4.78, 5) is 7.89. The molecule has 9 heavy (non-hydrogen) atoms. The van der Waals surface area contributed by atoms with Gasteiger partial charge in [0.1, 0.15) is 13.0 Å². The van der Waals surface area contributed by atoms with Crippen molar-refractivity contribution < 1.29 is 0 Å². The lowest BCUT2D eigenvalue weighted by atomic mass is 10.9. The molecule has 0 saturated carbocycles. The molecule has 0 spiro atoms. The number of fused-ring (bicyclic) bond motifs is 1. The molecule has 0 saturated heterocycles. The zero-order valence-electron chi connectivity index (χ0n) is 4.56. The van der Waals surface area contributed by atoms with Crippen LogP contribution in [0.1, 0.15) is 0 Å². The lowest BCUT2D eigenvalue weighted by Gasteiger charge is -2.12. The van der Waals surface area contributed by atoms with Gasteiger partial charge < -0.3 is 0 Å². The zero-order chi connectivity index (χ0) is 6.10. The molecule has 0 aromatic rings. The first-order valence-electron chi connectivity index (χ1n) is 2.49. The summed E-state index contributed by atoms with van der Waals surface area (Å²) in [7, 11) is 0. The maximum absolute atomic E-state index is 3.98. The smallest absolute Gasteiger partial charge is 0.193 e. The van der Waals surface area contributed by atoms with Crippen LogP contribution in [0.4, 0.5) is 0 Å². The first-order valence-corrected chi connectivity index (χ1v) is 3.37. The minimum atomic E-state index is 0.613. The van der Waals surface area contributed by atoms with Crippen molar-refractivity contribution in [3.63, 3.8) is 0 Å². The van der Waals surface area contributed by atoms with Crippen molar-refractivity contribution in [2.24, 2.45) is 15.1 Å². The maximum Gasteiger partial charge on any atom is 0.193 e. The summed E-state index contributed by atoms with van der Waals surface area (Å²) in [5.74, 6) is 0. The molecule has 0 unspecified atom stereocenters. The van der Waals surface area contributed by atoms with Crippen LogP contribution in [0.3, 0.4) is 0 Å². The Labute approximate surface area is 56.4 Å². The molecule has 0 aromatic heterocycles. The summed E-state index contributed by atoms with van der Waals surface area (Å²) in [6, 6.07) is 0. The second-order valence-electron chi connectivity index (χ2n) is 1.59. The molecular weight excluding hydrogens is 136 g/mol. The third kappa shape index (κ3) is 0.730. The molecule has 0 aliphatic carbocycles. The van der Waals surface area contributed by atoms with E-state index in [1.54, 1.807) is 16.9 Å². The summed E-state index contributed by atoms with van der Waals surface area (Å²) >= 11 is 1.52. The molecule has 0 fully saturated rings. The SMILES string of the molecule is C1=NCN2N=CSC2=N1. The Bertz CT molecular complexity index is 207. The van der Waals surface area contributed by atoms with Crippen molar-refractivity contribution >= 4 is 28.8 Å². The van der Waals surface area contributed by atoms with E-state index in [4.69, 9.17) is 0 Å². The monoisotopic (exact) mass is 140 g/mol. The Kier molecular flexibility index (Phi) is 1.02. The number of hydrogen-bond acceptors (Lipinski definition) is 5. The van der Waals surface area contributed by atoms with Gasteiger partial charge in [0, 0.05) is 0 Å². The average Bonchev–Trinajstić information content (AvgIpc) is 2.33. The number of amidine groups is 1. The van der Waals surface area contributed by atoms with E-state index in [0.717, 1.165) is 5.17 Å². The third-order valence-electron chi connectivity index (χ3n) is 1.03. The molecule has 5 heteroatoms. The first kappa shape index (κ1) is 4.99. The molecule has 0 aromatic carbocycles. The van der Waals surface area contributed by atoms with E-state index in [1.807, 2.05) is 0 Å². The second-order valence-corrected chi connectivity index (χ2v) is 2.40. The van der Waals surface area contributed by atoms with Gasteiger partial charge >= 0.3 is 0 Å². The molecule has 0 N–H and O–H groups in total. The fourth-order valence-corrected chi connectivity index (χ4v) is 1.23. The summed E-state index contributed by atoms with van der Waals surface area (Å²) in [6.45, 7) is 0.613. The zero-order valence-corrected chi connectivity index (χ0v) is 5.38. The van der Waals surface area contributed by atoms with Crippen LogP contribution in [-0.4, -0.2) is 28.7 Å². The van der Waals surface area contributed by atoms with Gasteiger partial charge in [-0.3, -0.25) is 0 Å². The fraction of sp³-hybridized carbons (Fsp3) is 0.250. The number of thioether (sulfide) groups is 1. The lowest BCUT2D eigenvalue weighted by Crippen LogP contribution is -2.22. The highest BCUT2D eigenvalue weighted by Crippen LogP contribution is 2.15. The molecule has 2 aliphatic rings. The normalized spacial score (nSPS) is 22.2. The van der Waals surface area contributed by atoms with Gasteiger partial charge in [0.15, 0.2) is 5.17 Å². The fourth-order valence-electron chi connectivity index (χ4n) is 0.636. The Balaban J connectivity index is 2.29. The Morgan fingerprint density at radius 2 is 2.67 bits per heavy atom. The molecule has 2 heterocycles. The van der Waals surface area contributed by atoms with Crippen LogP contribution in [-0.2, 0) is 0 Å². The molecule has 2 rings (SSSR count). The highest BCUT2D eigenvalue weighted by Gasteiger charge is 2.15. The van der Waals surface area contributed by atoms with Crippen molar-refractivity contribution in [1.29, 1.82) is 0 Å². The van der Waals surface area contributed by atoms with E-state index in [0.29, 0.717) is 6.67 Å². The van der Waals surface area contributed by atoms with Crippen LogP contribution in [0.15, 0.2) is 15.1 Å². The molecule has 46 valence electrons. The number of hydrazone groups is 1. The van der Waals surface area contributed by atoms with Gasteiger partial charge in [0.2, 0.25) is 0 Å². The van der Waals surface area contributed by atoms with E-state index in [-0.39, 0.29) is 0 Å². The van der Waals surface area contributed by atoms with Gasteiger partial charge in [-0.25, -0.2) is 15.0 Å². The predicted molar refractivity (Wildman–Crippen MR) is 38.7 cm³/mol. The molecule has 0 radical (unpaired) electrons. The molecule has 0 bridgehead atoms. The molecule has 0 amide bonds. The van der Waals surface area contributed by atoms with Crippen molar-refractivity contribution in [3.8, 4) is 0 Å². The van der Waals surface area contributed by atoms with E-state index in [2.05, 4.69) is 15.1 Å². The van der Waals surface area contributed by atoms with Crippen LogP contribution in [0.5, 0.6) is 0 Å². The van der Waals surface area contributed by atoms with Crippen molar-refractivity contribution in [1.82, 2.24) is 5.01 Å². The van der Waals surface area contributed by atoms with Crippen molar-refractivity contribution in [2.45, 2.75) is 0 Å². The van der Waals surface area contributed by atoms with Gasteiger partial charge in [0.25, 0.3) is 0 Å². The number of hydrogen-bond donors (Lipinski definition) is 0. The largest absolute Gasteiger partial charge is 0.250 e. The Morgan fingerprint density at radius 3 is 3.56 bits per heavy atom. The van der Waals surface area contributed by atoms with Crippen LogP contribution >= 0.6 is 11.8 Å². The summed E-state index contributed by atoms with van der Waals surface area (Å²) in [5, 5.41) is 6.66. The highest BCUT2D eigenvalue weighted by molar-refractivity contribution is 8.25. The van der Waals surface area contributed by atoms with Crippen LogP contribution in [0, 0.1) is 0 Å². The van der Waals surface area contributed by atoms with Crippen LogP contribution < -0.4 is 0 Å². The predicted octanol–water partition coefficient (Wildman–Crippen LogP) is 0.334. The molecule has 0 atom stereocenters. The van der Waals surface area contributed by atoms with Gasteiger partial charge in [-0.2, -0.15) is 5.10 Å². The maximum atomic E-state index is 3.98. The quantitative estimate of drug-likeness (QED) is 0.486. The molecule has 4 nitrogen and oxygen atoms in total.